The minimum atomic E-state index is -0.409. The quantitative estimate of drug-likeness (QED) is 0.455. The Labute approximate surface area is 170 Å². The van der Waals surface area contributed by atoms with E-state index in [1.54, 1.807) is 29.5 Å². The number of hydrogen-bond acceptors (Lipinski definition) is 5. The van der Waals surface area contributed by atoms with Crippen molar-refractivity contribution in [1.82, 2.24) is 9.55 Å². The standard InChI is InChI=1S/C21H21FN2O2S2/c22-15-8-2-3-9-16(15)24-20(25)18-14-7-1-4-10-17(14)28-19(18)23-21(24)27-12-13-6-5-11-26-13/h2-3,8-9,13H,1,4-7,10-12H2. The van der Waals surface area contributed by atoms with Crippen molar-refractivity contribution in [3.05, 3.63) is 50.9 Å². The van der Waals surface area contributed by atoms with E-state index >= 15 is 0 Å². The van der Waals surface area contributed by atoms with Crippen molar-refractivity contribution in [2.75, 3.05) is 12.4 Å². The Morgan fingerprint density at radius 1 is 1.25 bits per heavy atom. The predicted molar refractivity (Wildman–Crippen MR) is 112 cm³/mol. The van der Waals surface area contributed by atoms with Crippen molar-refractivity contribution < 1.29 is 9.13 Å². The molecule has 0 bridgehead atoms. The molecule has 28 heavy (non-hydrogen) atoms. The lowest BCUT2D eigenvalue weighted by Crippen LogP contribution is -2.23. The van der Waals surface area contributed by atoms with Crippen LogP contribution in [0.25, 0.3) is 15.9 Å². The first kappa shape index (κ1) is 18.3. The first-order valence-corrected chi connectivity index (χ1v) is 11.6. The summed E-state index contributed by atoms with van der Waals surface area (Å²) < 4.78 is 21.8. The Hall–Kier alpha value is -1.70. The molecule has 0 amide bonds. The molecule has 2 aromatic heterocycles. The molecule has 2 aliphatic rings. The van der Waals surface area contributed by atoms with E-state index in [0.717, 1.165) is 61.3 Å². The number of aromatic nitrogens is 2. The molecule has 3 aromatic rings. The molecular formula is C21H21FN2O2S2. The highest BCUT2D eigenvalue weighted by molar-refractivity contribution is 7.99. The minimum absolute atomic E-state index is 0.149. The fourth-order valence-electron chi connectivity index (χ4n) is 4.07. The summed E-state index contributed by atoms with van der Waals surface area (Å²) in [7, 11) is 0. The number of benzene rings is 1. The Balaban J connectivity index is 1.68. The third kappa shape index (κ3) is 3.19. The second-order valence-corrected chi connectivity index (χ2v) is 9.39. The number of nitrogens with zero attached hydrogens (tertiary/aromatic N) is 2. The maximum atomic E-state index is 14.6. The average molecular weight is 417 g/mol. The number of thioether (sulfide) groups is 1. The lowest BCUT2D eigenvalue weighted by atomic mass is 9.97. The summed E-state index contributed by atoms with van der Waals surface area (Å²) in [5, 5.41) is 1.24. The first-order chi connectivity index (χ1) is 13.7. The number of rotatable bonds is 4. The summed E-state index contributed by atoms with van der Waals surface area (Å²) in [5.41, 5.74) is 1.25. The maximum Gasteiger partial charge on any atom is 0.267 e. The fraction of sp³-hybridized carbons (Fsp3) is 0.429. The number of fused-ring (bicyclic) bond motifs is 3. The second-order valence-electron chi connectivity index (χ2n) is 7.32. The minimum Gasteiger partial charge on any atom is -0.377 e. The number of para-hydroxylation sites is 1. The highest BCUT2D eigenvalue weighted by atomic mass is 32.2. The van der Waals surface area contributed by atoms with Crippen molar-refractivity contribution in [3.8, 4) is 5.69 Å². The summed E-state index contributed by atoms with van der Waals surface area (Å²) >= 11 is 3.12. The van der Waals surface area contributed by atoms with E-state index in [2.05, 4.69) is 0 Å². The van der Waals surface area contributed by atoms with Gasteiger partial charge in [-0.15, -0.1) is 11.3 Å². The van der Waals surface area contributed by atoms with E-state index in [1.165, 1.54) is 27.3 Å². The molecule has 1 saturated heterocycles. The van der Waals surface area contributed by atoms with Crippen LogP contribution in [-0.4, -0.2) is 28.0 Å². The number of halogens is 1. The molecule has 1 aliphatic heterocycles. The lowest BCUT2D eigenvalue weighted by molar-refractivity contribution is 0.129. The predicted octanol–water partition coefficient (Wildman–Crippen LogP) is 4.74. The van der Waals surface area contributed by atoms with E-state index in [1.807, 2.05) is 0 Å². The Morgan fingerprint density at radius 2 is 2.11 bits per heavy atom. The summed E-state index contributed by atoms with van der Waals surface area (Å²) in [5.74, 6) is 0.311. The SMILES string of the molecule is O=c1c2c3c(sc2nc(SCC2CCCO2)n1-c1ccccc1F)CCCC3. The third-order valence-corrected chi connectivity index (χ3v) is 7.73. The molecular weight excluding hydrogens is 395 g/mol. The monoisotopic (exact) mass is 416 g/mol. The molecule has 1 unspecified atom stereocenters. The van der Waals surface area contributed by atoms with Crippen molar-refractivity contribution in [1.29, 1.82) is 0 Å². The van der Waals surface area contributed by atoms with Crippen LogP contribution in [0.1, 0.15) is 36.1 Å². The van der Waals surface area contributed by atoms with Crippen molar-refractivity contribution in [2.45, 2.75) is 49.8 Å². The zero-order valence-corrected chi connectivity index (χ0v) is 17.1. The lowest BCUT2D eigenvalue weighted by Gasteiger charge is -2.15. The highest BCUT2D eigenvalue weighted by Gasteiger charge is 2.25. The zero-order chi connectivity index (χ0) is 19.1. The van der Waals surface area contributed by atoms with Crippen molar-refractivity contribution in [3.63, 3.8) is 0 Å². The van der Waals surface area contributed by atoms with Crippen molar-refractivity contribution >= 4 is 33.3 Å². The van der Waals surface area contributed by atoms with Gasteiger partial charge in [0, 0.05) is 17.2 Å². The van der Waals surface area contributed by atoms with Gasteiger partial charge in [-0.25, -0.2) is 9.37 Å². The van der Waals surface area contributed by atoms with Gasteiger partial charge in [0.1, 0.15) is 10.6 Å². The average Bonchev–Trinajstić information content (AvgIpc) is 3.34. The van der Waals surface area contributed by atoms with Gasteiger partial charge in [-0.1, -0.05) is 23.9 Å². The van der Waals surface area contributed by atoms with Gasteiger partial charge in [0.05, 0.1) is 17.2 Å². The second kappa shape index (κ2) is 7.61. The topological polar surface area (TPSA) is 44.1 Å². The molecule has 0 N–H and O–H groups in total. The molecule has 5 rings (SSSR count). The molecule has 1 atom stereocenters. The Morgan fingerprint density at radius 3 is 2.93 bits per heavy atom. The molecule has 4 nitrogen and oxygen atoms in total. The van der Waals surface area contributed by atoms with Gasteiger partial charge in [0.25, 0.3) is 5.56 Å². The van der Waals surface area contributed by atoms with Gasteiger partial charge < -0.3 is 4.74 Å². The Kier molecular flexibility index (Phi) is 4.99. The molecule has 146 valence electrons. The number of hydrogen-bond donors (Lipinski definition) is 0. The Bertz CT molecular complexity index is 1090. The molecule has 1 aliphatic carbocycles. The van der Waals surface area contributed by atoms with Crippen LogP contribution in [0.3, 0.4) is 0 Å². The first-order valence-electron chi connectivity index (χ1n) is 9.79. The normalized spacial score (nSPS) is 19.2. The van der Waals surface area contributed by atoms with E-state index in [0.29, 0.717) is 10.5 Å². The van der Waals surface area contributed by atoms with Gasteiger partial charge >= 0.3 is 0 Å². The largest absolute Gasteiger partial charge is 0.377 e. The molecule has 0 radical (unpaired) electrons. The van der Waals surface area contributed by atoms with Crippen LogP contribution in [0.2, 0.25) is 0 Å². The maximum absolute atomic E-state index is 14.6. The number of thiophene rings is 1. The number of ether oxygens (including phenoxy) is 1. The van der Waals surface area contributed by atoms with E-state index in [9.17, 15) is 9.18 Å². The van der Waals surface area contributed by atoms with Crippen LogP contribution < -0.4 is 5.56 Å². The van der Waals surface area contributed by atoms with Crippen LogP contribution in [0.15, 0.2) is 34.2 Å². The van der Waals surface area contributed by atoms with Crippen molar-refractivity contribution in [2.24, 2.45) is 0 Å². The summed E-state index contributed by atoms with van der Waals surface area (Å²) in [6.07, 6.45) is 6.42. The van der Waals surface area contributed by atoms with Crippen LogP contribution in [0.4, 0.5) is 4.39 Å². The molecule has 0 spiro atoms. The van der Waals surface area contributed by atoms with Gasteiger partial charge in [-0.05, 0) is 56.2 Å². The molecule has 1 aromatic carbocycles. The summed E-state index contributed by atoms with van der Waals surface area (Å²) in [6, 6.07) is 6.44. The van der Waals surface area contributed by atoms with E-state index in [4.69, 9.17) is 9.72 Å². The fourth-order valence-corrected chi connectivity index (χ4v) is 6.45. The highest BCUT2D eigenvalue weighted by Crippen LogP contribution is 2.35. The van der Waals surface area contributed by atoms with E-state index < -0.39 is 5.82 Å². The van der Waals surface area contributed by atoms with Gasteiger partial charge in [-0.2, -0.15) is 0 Å². The smallest absolute Gasteiger partial charge is 0.267 e. The zero-order valence-electron chi connectivity index (χ0n) is 15.4. The van der Waals surface area contributed by atoms with Crippen LogP contribution in [-0.2, 0) is 17.6 Å². The van der Waals surface area contributed by atoms with Gasteiger partial charge in [0.2, 0.25) is 0 Å². The molecule has 0 saturated carbocycles. The van der Waals surface area contributed by atoms with Gasteiger partial charge in [-0.3, -0.25) is 9.36 Å². The molecule has 3 heterocycles. The summed E-state index contributed by atoms with van der Waals surface area (Å²) in [4.78, 5) is 20.5. The van der Waals surface area contributed by atoms with Crippen LogP contribution in [0.5, 0.6) is 0 Å². The van der Waals surface area contributed by atoms with Crippen LogP contribution in [0, 0.1) is 5.82 Å². The molecule has 1 fully saturated rings. The van der Waals surface area contributed by atoms with Gasteiger partial charge in [0.15, 0.2) is 5.16 Å². The number of aryl methyl sites for hydroxylation is 2. The van der Waals surface area contributed by atoms with E-state index in [-0.39, 0.29) is 17.4 Å². The molecule has 7 heteroatoms. The summed E-state index contributed by atoms with van der Waals surface area (Å²) in [6.45, 7) is 0.787. The van der Waals surface area contributed by atoms with Crippen LogP contribution >= 0.6 is 23.1 Å². The third-order valence-electron chi connectivity index (χ3n) is 5.47.